The zero-order chi connectivity index (χ0) is 19.3. The molecule has 0 aromatic heterocycles. The number of hydrogen-bond acceptors (Lipinski definition) is 0. The number of allylic oxidation sites excluding steroid dienone is 8. The monoisotopic (exact) mass is 363 g/mol. The molecule has 0 aromatic rings. The molecule has 0 spiro atoms. The van der Waals surface area contributed by atoms with Gasteiger partial charge in [-0.05, 0) is 77.7 Å². The summed E-state index contributed by atoms with van der Waals surface area (Å²) >= 11 is 0. The van der Waals surface area contributed by atoms with Gasteiger partial charge in [-0.2, -0.15) is 0 Å². The Hall–Kier alpha value is -0.610. The molecule has 0 saturated carbocycles. The molecular formula is C24H44P+. The molecule has 0 amide bonds. The van der Waals surface area contributed by atoms with Crippen LogP contribution in [-0.2, 0) is 0 Å². The summed E-state index contributed by atoms with van der Waals surface area (Å²) in [7, 11) is -1.35. The van der Waals surface area contributed by atoms with E-state index in [9.17, 15) is 0 Å². The van der Waals surface area contributed by atoms with Crippen LogP contribution in [0.5, 0.6) is 0 Å². The van der Waals surface area contributed by atoms with E-state index in [2.05, 4.69) is 104 Å². The Labute approximate surface area is 159 Å². The third kappa shape index (κ3) is 5.68. The highest BCUT2D eigenvalue weighted by Gasteiger charge is 2.57. The third-order valence-electron chi connectivity index (χ3n) is 5.63. The SMILES string of the molecule is C/C=C/C(CC)[P+](C(/C=C/C)CC)(C(/C=C/C)CC)C(/C=C/C)CC. The second kappa shape index (κ2) is 13.6. The highest BCUT2D eigenvalue weighted by molar-refractivity contribution is 7.79. The first-order valence-electron chi connectivity index (χ1n) is 10.5. The van der Waals surface area contributed by atoms with Crippen molar-refractivity contribution in [2.24, 2.45) is 0 Å². The van der Waals surface area contributed by atoms with E-state index >= 15 is 0 Å². The molecule has 0 fully saturated rings. The van der Waals surface area contributed by atoms with Gasteiger partial charge in [-0.3, -0.25) is 0 Å². The lowest BCUT2D eigenvalue weighted by atomic mass is 10.2. The molecule has 0 heterocycles. The lowest BCUT2D eigenvalue weighted by molar-refractivity contribution is 0.792. The number of rotatable bonds is 12. The second-order valence-corrected chi connectivity index (χ2v) is 11.3. The van der Waals surface area contributed by atoms with Crippen LogP contribution in [0.2, 0.25) is 0 Å². The molecule has 144 valence electrons. The summed E-state index contributed by atoms with van der Waals surface area (Å²) in [5, 5.41) is 0. The lowest BCUT2D eigenvalue weighted by Gasteiger charge is -2.46. The lowest BCUT2D eigenvalue weighted by Crippen LogP contribution is -2.36. The van der Waals surface area contributed by atoms with Crippen molar-refractivity contribution in [3.8, 4) is 0 Å². The molecule has 1 heteroatoms. The Morgan fingerprint density at radius 1 is 0.480 bits per heavy atom. The Morgan fingerprint density at radius 3 is 0.800 bits per heavy atom. The minimum atomic E-state index is -1.35. The maximum absolute atomic E-state index is 2.54. The van der Waals surface area contributed by atoms with Gasteiger partial charge < -0.3 is 0 Å². The minimum Gasteiger partial charge on any atom is -0.0878 e. The smallest absolute Gasteiger partial charge is 0.0878 e. The Kier molecular flexibility index (Phi) is 13.2. The molecule has 0 aliphatic heterocycles. The van der Waals surface area contributed by atoms with Crippen LogP contribution in [0.3, 0.4) is 0 Å². The zero-order valence-electron chi connectivity index (χ0n) is 18.2. The average Bonchev–Trinajstić information content (AvgIpc) is 2.63. The van der Waals surface area contributed by atoms with Crippen LogP contribution in [0.1, 0.15) is 81.1 Å². The van der Waals surface area contributed by atoms with Crippen LogP contribution in [0.15, 0.2) is 48.6 Å². The number of hydrogen-bond donors (Lipinski definition) is 0. The molecule has 25 heavy (non-hydrogen) atoms. The molecule has 0 aliphatic carbocycles. The summed E-state index contributed by atoms with van der Waals surface area (Å²) in [4.78, 5) is 0. The van der Waals surface area contributed by atoms with Crippen LogP contribution in [-0.4, -0.2) is 22.6 Å². The summed E-state index contributed by atoms with van der Waals surface area (Å²) < 4.78 is 0. The average molecular weight is 364 g/mol. The van der Waals surface area contributed by atoms with Gasteiger partial charge in [0.2, 0.25) is 0 Å². The van der Waals surface area contributed by atoms with Gasteiger partial charge in [0.1, 0.15) is 0 Å². The second-order valence-electron chi connectivity index (χ2n) is 6.90. The minimum absolute atomic E-state index is 0.695. The van der Waals surface area contributed by atoms with Crippen molar-refractivity contribution in [2.45, 2.75) is 104 Å². The summed E-state index contributed by atoms with van der Waals surface area (Å²) in [6.45, 7) is 18.4. The predicted octanol–water partition coefficient (Wildman–Crippen LogP) is 8.42. The van der Waals surface area contributed by atoms with E-state index in [1.807, 2.05) is 0 Å². The van der Waals surface area contributed by atoms with E-state index in [0.29, 0.717) is 22.6 Å². The predicted molar refractivity (Wildman–Crippen MR) is 122 cm³/mol. The van der Waals surface area contributed by atoms with Gasteiger partial charge in [0.05, 0.1) is 22.6 Å². The topological polar surface area (TPSA) is 0 Å². The molecule has 0 aliphatic rings. The van der Waals surface area contributed by atoms with E-state index in [-0.39, 0.29) is 0 Å². The largest absolute Gasteiger partial charge is 0.0890 e. The normalized spacial score (nSPS) is 20.5. The van der Waals surface area contributed by atoms with Crippen molar-refractivity contribution in [1.29, 1.82) is 0 Å². The van der Waals surface area contributed by atoms with Gasteiger partial charge in [-0.1, -0.05) is 52.0 Å². The van der Waals surface area contributed by atoms with Crippen LogP contribution in [0, 0.1) is 0 Å². The molecule has 4 unspecified atom stereocenters. The van der Waals surface area contributed by atoms with Crippen LogP contribution in [0.4, 0.5) is 0 Å². The zero-order valence-corrected chi connectivity index (χ0v) is 19.1. The van der Waals surface area contributed by atoms with Gasteiger partial charge in [0.15, 0.2) is 0 Å². The fraction of sp³-hybridized carbons (Fsp3) is 0.667. The molecule has 0 aromatic carbocycles. The van der Waals surface area contributed by atoms with Gasteiger partial charge in [0, 0.05) is 7.26 Å². The van der Waals surface area contributed by atoms with E-state index in [1.165, 1.54) is 25.7 Å². The van der Waals surface area contributed by atoms with Crippen LogP contribution >= 0.6 is 7.26 Å². The first-order chi connectivity index (χ1) is 12.1. The fourth-order valence-electron chi connectivity index (χ4n) is 4.77. The van der Waals surface area contributed by atoms with Gasteiger partial charge in [0.25, 0.3) is 0 Å². The molecule has 0 N–H and O–H groups in total. The van der Waals surface area contributed by atoms with Crippen molar-refractivity contribution in [3.05, 3.63) is 48.6 Å². The molecule has 0 rings (SSSR count). The van der Waals surface area contributed by atoms with Crippen LogP contribution in [0.25, 0.3) is 0 Å². The van der Waals surface area contributed by atoms with Crippen molar-refractivity contribution < 1.29 is 0 Å². The summed E-state index contributed by atoms with van der Waals surface area (Å²) in [5.41, 5.74) is 2.78. The summed E-state index contributed by atoms with van der Waals surface area (Å²) in [6, 6.07) is 0. The molecule has 0 bridgehead atoms. The van der Waals surface area contributed by atoms with Gasteiger partial charge in [-0.15, -0.1) is 0 Å². The molecule has 4 atom stereocenters. The highest BCUT2D eigenvalue weighted by Crippen LogP contribution is 2.77. The maximum atomic E-state index is 2.54. The van der Waals surface area contributed by atoms with Gasteiger partial charge in [-0.25, -0.2) is 0 Å². The maximum Gasteiger partial charge on any atom is 0.0890 e. The Balaban J connectivity index is 6.86. The van der Waals surface area contributed by atoms with Crippen LogP contribution < -0.4 is 0 Å². The first-order valence-corrected chi connectivity index (χ1v) is 12.5. The standard InChI is InChI=1S/C24H44P/c1-9-17-21(13-5)25(22(14-6)18-10-2,23(15-7)19-11-3)24(16-8)20-12-4/h9-12,17-24H,13-16H2,1-8H3/q+1/b17-9+,18-10+,19-11+,20-12+. The van der Waals surface area contributed by atoms with E-state index in [4.69, 9.17) is 0 Å². The van der Waals surface area contributed by atoms with Gasteiger partial charge >= 0.3 is 0 Å². The molecule has 0 nitrogen and oxygen atoms in total. The Morgan fingerprint density at radius 2 is 0.680 bits per heavy atom. The quantitative estimate of drug-likeness (QED) is 0.241. The van der Waals surface area contributed by atoms with Crippen molar-refractivity contribution >= 4 is 7.26 Å². The summed E-state index contributed by atoms with van der Waals surface area (Å²) in [6.07, 6.45) is 24.3. The van der Waals surface area contributed by atoms with Crippen molar-refractivity contribution in [2.75, 3.05) is 0 Å². The molecule has 0 saturated heterocycles. The highest BCUT2D eigenvalue weighted by atomic mass is 31.2. The molecule has 0 radical (unpaired) electrons. The van der Waals surface area contributed by atoms with Crippen molar-refractivity contribution in [3.63, 3.8) is 0 Å². The van der Waals surface area contributed by atoms with Crippen molar-refractivity contribution in [1.82, 2.24) is 0 Å². The van der Waals surface area contributed by atoms with E-state index in [0.717, 1.165) is 0 Å². The summed E-state index contributed by atoms with van der Waals surface area (Å²) in [5.74, 6) is 0. The van der Waals surface area contributed by atoms with E-state index in [1.54, 1.807) is 0 Å². The third-order valence-corrected chi connectivity index (χ3v) is 12.4. The first kappa shape index (κ1) is 24.4. The molecular weight excluding hydrogens is 319 g/mol. The fourth-order valence-corrected chi connectivity index (χ4v) is 12.1. The van der Waals surface area contributed by atoms with E-state index < -0.39 is 7.26 Å². The Bertz CT molecular complexity index is 356.